The zero-order valence-electron chi connectivity index (χ0n) is 17.8. The van der Waals surface area contributed by atoms with E-state index in [-0.39, 0.29) is 5.15 Å². The van der Waals surface area contributed by atoms with Gasteiger partial charge in [0, 0.05) is 13.0 Å². The second-order valence-corrected chi connectivity index (χ2v) is 7.73. The van der Waals surface area contributed by atoms with Crippen molar-refractivity contribution >= 4 is 35.0 Å². The average Bonchev–Trinajstić information content (AvgIpc) is 3.37. The third-order valence-corrected chi connectivity index (χ3v) is 5.54. The fourth-order valence-corrected chi connectivity index (χ4v) is 3.86. The van der Waals surface area contributed by atoms with Crippen LogP contribution >= 0.6 is 11.6 Å². The molecule has 0 amide bonds. The van der Waals surface area contributed by atoms with Gasteiger partial charge in [-0.2, -0.15) is 0 Å². The number of carbonyl (C=O) groups excluding carboxylic acids is 2. The van der Waals surface area contributed by atoms with Gasteiger partial charge in [0.15, 0.2) is 17.0 Å². The van der Waals surface area contributed by atoms with Crippen LogP contribution in [-0.4, -0.2) is 33.9 Å². The van der Waals surface area contributed by atoms with E-state index in [0.717, 1.165) is 36.9 Å². The summed E-state index contributed by atoms with van der Waals surface area (Å²) in [7, 11) is 1.34. The van der Waals surface area contributed by atoms with E-state index < -0.39 is 5.97 Å². The molecule has 7 nitrogen and oxygen atoms in total. The van der Waals surface area contributed by atoms with E-state index in [2.05, 4.69) is 16.9 Å². The molecule has 0 fully saturated rings. The number of methoxy groups -OCH3 is 1. The Morgan fingerprint density at radius 3 is 2.78 bits per heavy atom. The molecule has 0 N–H and O–H groups in total. The van der Waals surface area contributed by atoms with E-state index in [0.29, 0.717) is 40.4 Å². The summed E-state index contributed by atoms with van der Waals surface area (Å²) in [5.41, 5.74) is 3.45. The smallest absolute Gasteiger partial charge is 0.338 e. The molecule has 0 radical (unpaired) electrons. The van der Waals surface area contributed by atoms with Gasteiger partial charge in [-0.3, -0.25) is 4.79 Å². The summed E-state index contributed by atoms with van der Waals surface area (Å²) in [6.07, 6.45) is 3.44. The van der Waals surface area contributed by atoms with Crippen LogP contribution in [0.4, 0.5) is 0 Å². The van der Waals surface area contributed by atoms with Crippen LogP contribution in [0, 0.1) is 0 Å². The number of oxazole rings is 1. The van der Waals surface area contributed by atoms with Crippen LogP contribution in [-0.2, 0) is 17.7 Å². The molecule has 0 bridgehead atoms. The minimum Gasteiger partial charge on any atom is -0.465 e. The molecule has 2 heterocycles. The predicted molar refractivity (Wildman–Crippen MR) is 121 cm³/mol. The van der Waals surface area contributed by atoms with Gasteiger partial charge in [0.2, 0.25) is 5.89 Å². The Labute approximate surface area is 190 Å². The van der Waals surface area contributed by atoms with E-state index in [1.54, 1.807) is 18.2 Å². The van der Waals surface area contributed by atoms with Crippen molar-refractivity contribution in [2.75, 3.05) is 7.11 Å². The van der Waals surface area contributed by atoms with Gasteiger partial charge >= 0.3 is 5.97 Å². The van der Waals surface area contributed by atoms with E-state index in [1.165, 1.54) is 7.11 Å². The zero-order chi connectivity index (χ0) is 22.7. The maximum absolute atomic E-state index is 12.1. The Bertz CT molecular complexity index is 1290. The van der Waals surface area contributed by atoms with Crippen molar-refractivity contribution in [2.24, 2.45) is 0 Å². The van der Waals surface area contributed by atoms with E-state index >= 15 is 0 Å². The maximum Gasteiger partial charge on any atom is 0.338 e. The van der Waals surface area contributed by atoms with Crippen LogP contribution < -0.4 is 0 Å². The average molecular weight is 452 g/mol. The molecule has 2 aromatic heterocycles. The molecule has 0 saturated heterocycles. The Hall–Kier alpha value is -3.45. The Balaban J connectivity index is 1.70. The quantitative estimate of drug-likeness (QED) is 0.265. The number of esters is 1. The number of halogens is 1. The summed E-state index contributed by atoms with van der Waals surface area (Å²) in [4.78, 5) is 32.6. The standard InChI is InChI=1S/C24H22ClN3O4/c1-3-4-9-21-27-22(25)19(14-29)28(21)13-15-10-11-18-20(12-15)32-23(26-18)16-7-5-6-8-17(16)24(30)31-2/h5-8,10-12,14H,3-4,9,13H2,1-2H3. The fourth-order valence-electron chi connectivity index (χ4n) is 3.62. The summed E-state index contributed by atoms with van der Waals surface area (Å²) in [5, 5.41) is 0.216. The number of nitrogens with zero attached hydrogens (tertiary/aromatic N) is 3. The van der Waals surface area contributed by atoms with E-state index in [1.807, 2.05) is 28.8 Å². The highest BCUT2D eigenvalue weighted by Crippen LogP contribution is 2.28. The number of imidazole rings is 1. The first-order valence-corrected chi connectivity index (χ1v) is 10.7. The van der Waals surface area contributed by atoms with Crippen molar-refractivity contribution in [3.05, 3.63) is 70.3 Å². The van der Waals surface area contributed by atoms with Crippen molar-refractivity contribution in [3.8, 4) is 11.5 Å². The number of hydrogen-bond acceptors (Lipinski definition) is 6. The number of unbranched alkanes of at least 4 members (excludes halogenated alkanes) is 1. The SMILES string of the molecule is CCCCc1nc(Cl)c(C=O)n1Cc1ccc2nc(-c3ccccc3C(=O)OC)oc2c1. The first-order chi connectivity index (χ1) is 15.5. The lowest BCUT2D eigenvalue weighted by Crippen LogP contribution is -2.08. The summed E-state index contributed by atoms with van der Waals surface area (Å²) in [5.74, 6) is 0.659. The molecular weight excluding hydrogens is 430 g/mol. The van der Waals surface area contributed by atoms with Crippen LogP contribution in [0.15, 0.2) is 46.9 Å². The van der Waals surface area contributed by atoms with Gasteiger partial charge in [-0.1, -0.05) is 43.1 Å². The highest BCUT2D eigenvalue weighted by molar-refractivity contribution is 6.31. The summed E-state index contributed by atoms with van der Waals surface area (Å²) in [6, 6.07) is 12.6. The number of hydrogen-bond donors (Lipinski definition) is 0. The highest BCUT2D eigenvalue weighted by Gasteiger charge is 2.19. The van der Waals surface area contributed by atoms with Crippen molar-refractivity contribution in [2.45, 2.75) is 32.7 Å². The Kier molecular flexibility index (Phi) is 6.37. The number of fused-ring (bicyclic) bond motifs is 1. The third-order valence-electron chi connectivity index (χ3n) is 5.26. The fraction of sp³-hybridized carbons (Fsp3) is 0.250. The number of carbonyl (C=O) groups is 2. The molecule has 0 saturated carbocycles. The first-order valence-electron chi connectivity index (χ1n) is 10.3. The van der Waals surface area contributed by atoms with Crippen LogP contribution in [0.25, 0.3) is 22.6 Å². The molecule has 0 spiro atoms. The van der Waals surface area contributed by atoms with Crippen molar-refractivity contribution < 1.29 is 18.7 Å². The molecule has 2 aromatic carbocycles. The van der Waals surface area contributed by atoms with Crippen LogP contribution in [0.1, 0.15) is 52.0 Å². The summed E-state index contributed by atoms with van der Waals surface area (Å²) >= 11 is 6.18. The number of aryl methyl sites for hydroxylation is 1. The number of aldehydes is 1. The van der Waals surface area contributed by atoms with Gasteiger partial charge in [0.05, 0.1) is 18.2 Å². The third kappa shape index (κ3) is 4.16. The van der Waals surface area contributed by atoms with E-state index in [9.17, 15) is 9.59 Å². The molecule has 0 atom stereocenters. The maximum atomic E-state index is 12.1. The number of benzene rings is 2. The molecule has 8 heteroatoms. The van der Waals surface area contributed by atoms with Crippen molar-refractivity contribution in [1.29, 1.82) is 0 Å². The highest BCUT2D eigenvalue weighted by atomic mass is 35.5. The van der Waals surface area contributed by atoms with Crippen LogP contribution in [0.5, 0.6) is 0 Å². The lowest BCUT2D eigenvalue weighted by atomic mass is 10.1. The second kappa shape index (κ2) is 9.36. The lowest BCUT2D eigenvalue weighted by molar-refractivity contribution is 0.0601. The van der Waals surface area contributed by atoms with Gasteiger partial charge in [-0.15, -0.1) is 0 Å². The molecule has 0 aliphatic carbocycles. The van der Waals surface area contributed by atoms with Gasteiger partial charge < -0.3 is 13.7 Å². The molecule has 0 unspecified atom stereocenters. The minimum absolute atomic E-state index is 0.216. The van der Waals surface area contributed by atoms with Gasteiger partial charge in [-0.25, -0.2) is 14.8 Å². The molecular formula is C24H22ClN3O4. The summed E-state index contributed by atoms with van der Waals surface area (Å²) < 4.78 is 12.7. The summed E-state index contributed by atoms with van der Waals surface area (Å²) in [6.45, 7) is 2.53. The monoisotopic (exact) mass is 451 g/mol. The Morgan fingerprint density at radius 2 is 2.03 bits per heavy atom. The predicted octanol–water partition coefficient (Wildman–Crippen LogP) is 5.33. The number of ether oxygens (including phenoxy) is 1. The molecule has 4 rings (SSSR count). The van der Waals surface area contributed by atoms with Crippen molar-refractivity contribution in [3.63, 3.8) is 0 Å². The van der Waals surface area contributed by atoms with Crippen molar-refractivity contribution in [1.82, 2.24) is 14.5 Å². The normalized spacial score (nSPS) is 11.1. The number of rotatable bonds is 8. The molecule has 32 heavy (non-hydrogen) atoms. The van der Waals surface area contributed by atoms with Gasteiger partial charge in [0.25, 0.3) is 0 Å². The van der Waals surface area contributed by atoms with E-state index in [4.69, 9.17) is 20.8 Å². The largest absolute Gasteiger partial charge is 0.465 e. The zero-order valence-corrected chi connectivity index (χ0v) is 18.6. The van der Waals surface area contributed by atoms with Crippen LogP contribution in [0.3, 0.4) is 0 Å². The number of aromatic nitrogens is 3. The second-order valence-electron chi connectivity index (χ2n) is 7.37. The first kappa shape index (κ1) is 21.8. The minimum atomic E-state index is -0.457. The topological polar surface area (TPSA) is 87.2 Å². The van der Waals surface area contributed by atoms with Gasteiger partial charge in [-0.05, 0) is 36.2 Å². The molecule has 4 aromatic rings. The van der Waals surface area contributed by atoms with Gasteiger partial charge in [0.1, 0.15) is 17.0 Å². The Morgan fingerprint density at radius 1 is 1.22 bits per heavy atom. The lowest BCUT2D eigenvalue weighted by Gasteiger charge is -2.09. The molecule has 0 aliphatic rings. The van der Waals surface area contributed by atoms with Crippen LogP contribution in [0.2, 0.25) is 5.15 Å². The molecule has 0 aliphatic heterocycles. The molecule has 164 valence electrons.